The Balaban J connectivity index is 0.000000810. The van der Waals surface area contributed by atoms with Gasteiger partial charge in [-0.1, -0.05) is 36.8 Å². The number of hydrogen-bond acceptors (Lipinski definition) is 1. The van der Waals surface area contributed by atoms with Crippen molar-refractivity contribution in [1.82, 2.24) is 0 Å². The zero-order valence-electron chi connectivity index (χ0n) is 6.42. The van der Waals surface area contributed by atoms with Crippen LogP contribution in [0.2, 0.25) is 0 Å². The number of hydrogen-bond donors (Lipinski definition) is 0. The van der Waals surface area contributed by atoms with E-state index in [0.29, 0.717) is 0 Å². The van der Waals surface area contributed by atoms with Gasteiger partial charge in [0.2, 0.25) is 0 Å². The van der Waals surface area contributed by atoms with Gasteiger partial charge in [0.05, 0.1) is 0 Å². The molecule has 0 saturated heterocycles. The van der Waals surface area contributed by atoms with Crippen LogP contribution in [0, 0.1) is 0 Å². The zero-order chi connectivity index (χ0) is 6.69. The first-order valence-corrected chi connectivity index (χ1v) is 3.50. The van der Waals surface area contributed by atoms with E-state index in [4.69, 9.17) is 12.6 Å². The van der Waals surface area contributed by atoms with E-state index in [-0.39, 0.29) is 18.9 Å². The molecule has 0 aromatic heterocycles. The van der Waals surface area contributed by atoms with Crippen LogP contribution in [0.15, 0.2) is 29.2 Å². The molecule has 0 amide bonds. The SMILES string of the molecule is CCc1ccccc1[S-].[Li+]. The van der Waals surface area contributed by atoms with Crippen LogP contribution in [0.25, 0.3) is 0 Å². The Morgan fingerprint density at radius 2 is 1.90 bits per heavy atom. The van der Waals surface area contributed by atoms with Crippen molar-refractivity contribution >= 4 is 12.6 Å². The van der Waals surface area contributed by atoms with Gasteiger partial charge in [0.15, 0.2) is 0 Å². The summed E-state index contributed by atoms with van der Waals surface area (Å²) in [5.74, 6) is 0. The van der Waals surface area contributed by atoms with E-state index < -0.39 is 0 Å². The molecule has 0 radical (unpaired) electrons. The Kier molecular flexibility index (Phi) is 4.81. The smallest absolute Gasteiger partial charge is 0.779 e. The van der Waals surface area contributed by atoms with Crippen molar-refractivity contribution in [2.45, 2.75) is 18.2 Å². The van der Waals surface area contributed by atoms with Crippen LogP contribution in [0.5, 0.6) is 0 Å². The first kappa shape index (κ1) is 10.0. The molecular weight excluding hydrogens is 135 g/mol. The van der Waals surface area contributed by atoms with Crippen molar-refractivity contribution in [2.24, 2.45) is 0 Å². The third-order valence-corrected chi connectivity index (χ3v) is 1.75. The molecular formula is C8H9LiS. The fraction of sp³-hybridized carbons (Fsp3) is 0.250. The maximum absolute atomic E-state index is 5.05. The average molecular weight is 144 g/mol. The largest absolute Gasteiger partial charge is 1.00 e. The number of rotatable bonds is 1. The van der Waals surface area contributed by atoms with Gasteiger partial charge in [0, 0.05) is 0 Å². The van der Waals surface area contributed by atoms with E-state index in [1.807, 2.05) is 18.2 Å². The summed E-state index contributed by atoms with van der Waals surface area (Å²) in [6, 6.07) is 8.03. The number of aryl methyl sites for hydroxylation is 1. The van der Waals surface area contributed by atoms with Gasteiger partial charge in [-0.3, -0.25) is 0 Å². The van der Waals surface area contributed by atoms with Crippen LogP contribution in [-0.2, 0) is 19.0 Å². The molecule has 0 atom stereocenters. The molecule has 0 spiro atoms. The zero-order valence-corrected chi connectivity index (χ0v) is 7.24. The van der Waals surface area contributed by atoms with Gasteiger partial charge in [-0.2, -0.15) is 4.90 Å². The van der Waals surface area contributed by atoms with Crippen molar-refractivity contribution in [1.29, 1.82) is 0 Å². The summed E-state index contributed by atoms with van der Waals surface area (Å²) < 4.78 is 0. The van der Waals surface area contributed by atoms with Gasteiger partial charge in [-0.25, -0.2) is 0 Å². The van der Waals surface area contributed by atoms with Gasteiger partial charge in [0.1, 0.15) is 0 Å². The fourth-order valence-corrected chi connectivity index (χ4v) is 1.09. The molecule has 0 aliphatic rings. The topological polar surface area (TPSA) is 0 Å². The van der Waals surface area contributed by atoms with Crippen molar-refractivity contribution in [3.8, 4) is 0 Å². The Labute approximate surface area is 79.6 Å². The summed E-state index contributed by atoms with van der Waals surface area (Å²) in [4.78, 5) is 0.986. The molecule has 0 aliphatic heterocycles. The minimum atomic E-state index is 0. The van der Waals surface area contributed by atoms with E-state index in [9.17, 15) is 0 Å². The molecule has 1 aromatic rings. The summed E-state index contributed by atoms with van der Waals surface area (Å²) in [5.41, 5.74) is 1.27. The van der Waals surface area contributed by atoms with Crippen LogP contribution in [0.4, 0.5) is 0 Å². The average Bonchev–Trinajstić information content (AvgIpc) is 1.89. The maximum Gasteiger partial charge on any atom is 1.00 e. The number of benzene rings is 1. The van der Waals surface area contributed by atoms with Crippen molar-refractivity contribution < 1.29 is 18.9 Å². The molecule has 0 nitrogen and oxygen atoms in total. The minimum absolute atomic E-state index is 0. The second-order valence-corrected chi connectivity index (χ2v) is 2.40. The van der Waals surface area contributed by atoms with Gasteiger partial charge < -0.3 is 12.6 Å². The van der Waals surface area contributed by atoms with E-state index >= 15 is 0 Å². The second-order valence-electron chi connectivity index (χ2n) is 1.96. The monoisotopic (exact) mass is 144 g/mol. The third kappa shape index (κ3) is 2.34. The molecule has 48 valence electrons. The normalized spacial score (nSPS) is 8.50. The van der Waals surface area contributed by atoms with Crippen LogP contribution >= 0.6 is 0 Å². The second kappa shape index (κ2) is 4.79. The van der Waals surface area contributed by atoms with Crippen LogP contribution in [-0.4, -0.2) is 0 Å². The summed E-state index contributed by atoms with van der Waals surface area (Å²) in [6.07, 6.45) is 1.04. The first-order chi connectivity index (χ1) is 4.34. The predicted octanol–water partition coefficient (Wildman–Crippen LogP) is -0.841. The summed E-state index contributed by atoms with van der Waals surface area (Å²) in [7, 11) is 0. The molecule has 0 saturated carbocycles. The fourth-order valence-electron chi connectivity index (χ4n) is 0.796. The van der Waals surface area contributed by atoms with Crippen molar-refractivity contribution in [3.63, 3.8) is 0 Å². The molecule has 0 heterocycles. The molecule has 0 fully saturated rings. The van der Waals surface area contributed by atoms with Gasteiger partial charge in [-0.05, 0) is 6.42 Å². The first-order valence-electron chi connectivity index (χ1n) is 3.09. The Morgan fingerprint density at radius 1 is 1.30 bits per heavy atom. The molecule has 0 unspecified atom stereocenters. The predicted molar refractivity (Wildman–Crippen MR) is 41.5 cm³/mol. The van der Waals surface area contributed by atoms with Gasteiger partial charge >= 0.3 is 18.9 Å². The molecule has 2 heteroatoms. The Hall–Kier alpha value is 0.0374. The third-order valence-electron chi connectivity index (χ3n) is 1.35. The van der Waals surface area contributed by atoms with Crippen molar-refractivity contribution in [3.05, 3.63) is 29.8 Å². The van der Waals surface area contributed by atoms with Crippen LogP contribution in [0.1, 0.15) is 12.5 Å². The summed E-state index contributed by atoms with van der Waals surface area (Å²) in [6.45, 7) is 2.12. The maximum atomic E-state index is 5.05. The summed E-state index contributed by atoms with van der Waals surface area (Å²) >= 11 is 5.05. The van der Waals surface area contributed by atoms with Crippen LogP contribution < -0.4 is 18.9 Å². The van der Waals surface area contributed by atoms with E-state index in [1.165, 1.54) is 5.56 Å². The van der Waals surface area contributed by atoms with Gasteiger partial charge in [0.25, 0.3) is 0 Å². The standard InChI is InChI=1S/C8H10S.Li/c1-2-7-5-3-4-6-8(7)9;/h3-6,9H,2H2,1H3;/q;+1/p-1. The molecule has 1 rings (SSSR count). The summed E-state index contributed by atoms with van der Waals surface area (Å²) in [5, 5.41) is 0. The molecule has 0 bridgehead atoms. The van der Waals surface area contributed by atoms with E-state index in [2.05, 4.69) is 13.0 Å². The van der Waals surface area contributed by atoms with E-state index in [0.717, 1.165) is 11.3 Å². The molecule has 1 aromatic carbocycles. The Bertz CT molecular complexity index is 198. The van der Waals surface area contributed by atoms with Crippen molar-refractivity contribution in [2.75, 3.05) is 0 Å². The minimum Gasteiger partial charge on any atom is -0.779 e. The van der Waals surface area contributed by atoms with E-state index in [1.54, 1.807) is 0 Å². The Morgan fingerprint density at radius 3 is 2.30 bits per heavy atom. The van der Waals surface area contributed by atoms with Crippen LogP contribution in [0.3, 0.4) is 0 Å². The molecule has 0 N–H and O–H groups in total. The van der Waals surface area contributed by atoms with Gasteiger partial charge in [-0.15, -0.1) is 0 Å². The molecule has 0 aliphatic carbocycles. The molecule has 10 heavy (non-hydrogen) atoms. The quantitative estimate of drug-likeness (QED) is 0.366.